The van der Waals surface area contributed by atoms with E-state index in [2.05, 4.69) is 231 Å². The highest BCUT2D eigenvalue weighted by Crippen LogP contribution is 2.59. The summed E-state index contributed by atoms with van der Waals surface area (Å²) in [5, 5.41) is 2.54. The molecule has 0 spiro atoms. The molecule has 10 aromatic carbocycles. The van der Waals surface area contributed by atoms with Crippen LogP contribution in [0.4, 0.5) is 17.1 Å². The molecule has 2 aliphatic carbocycles. The highest BCUT2D eigenvalue weighted by atomic mass is 15.2. The number of fused-ring (bicyclic) bond motifs is 7. The summed E-state index contributed by atoms with van der Waals surface area (Å²) in [5.74, 6) is 0. The third-order valence-electron chi connectivity index (χ3n) is 13.7. The molecule has 0 saturated heterocycles. The monoisotopic (exact) mass is 803 g/mol. The van der Waals surface area contributed by atoms with Gasteiger partial charge in [-0.3, -0.25) is 0 Å². The summed E-state index contributed by atoms with van der Waals surface area (Å²) in [4.78, 5) is 2.72. The van der Waals surface area contributed by atoms with Gasteiger partial charge in [0.2, 0.25) is 0 Å². The average molecular weight is 804 g/mol. The Morgan fingerprint density at radius 3 is 1.59 bits per heavy atom. The summed E-state index contributed by atoms with van der Waals surface area (Å²) >= 11 is 0. The van der Waals surface area contributed by atoms with Crippen LogP contribution >= 0.6 is 0 Å². The van der Waals surface area contributed by atoms with E-state index in [1.807, 2.05) is 0 Å². The fourth-order valence-corrected chi connectivity index (χ4v) is 10.8. The van der Waals surface area contributed by atoms with Crippen molar-refractivity contribution in [3.63, 3.8) is 0 Å². The smallest absolute Gasteiger partial charge is 0.0588 e. The highest BCUT2D eigenvalue weighted by Gasteiger charge is 2.37. The van der Waals surface area contributed by atoms with Crippen molar-refractivity contribution in [1.29, 1.82) is 0 Å². The van der Waals surface area contributed by atoms with Gasteiger partial charge in [-0.15, -0.1) is 0 Å². The van der Waals surface area contributed by atoms with Crippen molar-refractivity contribution in [2.45, 2.75) is 26.7 Å². The molecule has 0 N–H and O–H groups in total. The molecule has 2 aliphatic rings. The first-order valence-corrected chi connectivity index (χ1v) is 22.2. The van der Waals surface area contributed by atoms with Crippen molar-refractivity contribution < 1.29 is 0 Å². The predicted molar refractivity (Wildman–Crippen MR) is 266 cm³/mol. The van der Waals surface area contributed by atoms with Gasteiger partial charge in [0.25, 0.3) is 0 Å². The Bertz CT molecular complexity index is 3390. The molecule has 0 saturated carbocycles. The van der Waals surface area contributed by atoms with Crippen LogP contribution < -0.4 is 4.90 Å². The Balaban J connectivity index is 1.28. The van der Waals surface area contributed by atoms with E-state index in [-0.39, 0.29) is 0 Å². The molecule has 0 aliphatic heterocycles. The first-order chi connectivity index (χ1) is 31.1. The SMILES string of the molecule is Cc1c(C)c(N(c2ccccc2-c2ccccc2)c2c3c(cc(-c4ccccc4)c2-c2ccccc2)-c2ccccc2C3)c2c(c1-c1cccc3ccccc13)-c1ccccc1C2. The molecule has 1 nitrogen and oxygen atoms in total. The minimum absolute atomic E-state index is 0.838. The van der Waals surface area contributed by atoms with Crippen LogP contribution in [0, 0.1) is 13.8 Å². The Kier molecular flexibility index (Phi) is 8.83. The zero-order valence-corrected chi connectivity index (χ0v) is 35.6. The van der Waals surface area contributed by atoms with E-state index in [0.29, 0.717) is 0 Å². The minimum Gasteiger partial charge on any atom is -0.308 e. The van der Waals surface area contributed by atoms with Crippen molar-refractivity contribution in [1.82, 2.24) is 0 Å². The topological polar surface area (TPSA) is 3.24 Å². The van der Waals surface area contributed by atoms with Crippen molar-refractivity contribution in [2.75, 3.05) is 4.90 Å². The Hall–Kier alpha value is -7.74. The van der Waals surface area contributed by atoms with E-state index in [9.17, 15) is 0 Å². The zero-order valence-electron chi connectivity index (χ0n) is 35.6. The van der Waals surface area contributed by atoms with Crippen molar-refractivity contribution >= 4 is 27.8 Å². The fourth-order valence-electron chi connectivity index (χ4n) is 10.8. The van der Waals surface area contributed by atoms with Gasteiger partial charge < -0.3 is 4.90 Å². The van der Waals surface area contributed by atoms with Gasteiger partial charge in [-0.05, 0) is 126 Å². The number of hydrogen-bond acceptors (Lipinski definition) is 1. The molecular weight excluding hydrogens is 759 g/mol. The largest absolute Gasteiger partial charge is 0.308 e. The summed E-state index contributed by atoms with van der Waals surface area (Å²) < 4.78 is 0. The van der Waals surface area contributed by atoms with Crippen LogP contribution in [0.5, 0.6) is 0 Å². The van der Waals surface area contributed by atoms with Crippen molar-refractivity contribution in [2.24, 2.45) is 0 Å². The number of benzene rings is 10. The number of rotatable bonds is 7. The Morgan fingerprint density at radius 1 is 0.333 bits per heavy atom. The summed E-state index contributed by atoms with van der Waals surface area (Å²) in [6.45, 7) is 4.76. The molecule has 63 heavy (non-hydrogen) atoms. The quantitative estimate of drug-likeness (QED) is 0.155. The van der Waals surface area contributed by atoms with Crippen molar-refractivity contribution in [3.05, 3.63) is 246 Å². The van der Waals surface area contributed by atoms with Crippen molar-refractivity contribution in [3.8, 4) is 66.8 Å². The second-order valence-electron chi connectivity index (χ2n) is 17.1. The first kappa shape index (κ1) is 37.1. The number of nitrogens with zero attached hydrogens (tertiary/aromatic N) is 1. The van der Waals surface area contributed by atoms with E-state index < -0.39 is 0 Å². The van der Waals surface area contributed by atoms with E-state index in [1.54, 1.807) is 0 Å². The lowest BCUT2D eigenvalue weighted by molar-refractivity contribution is 1.14. The average Bonchev–Trinajstić information content (AvgIpc) is 3.92. The van der Waals surface area contributed by atoms with E-state index >= 15 is 0 Å². The maximum atomic E-state index is 2.72. The van der Waals surface area contributed by atoms with E-state index in [4.69, 9.17) is 0 Å². The summed E-state index contributed by atoms with van der Waals surface area (Å²) in [7, 11) is 0. The maximum absolute atomic E-state index is 2.72. The molecule has 298 valence electrons. The number of anilines is 3. The molecule has 0 atom stereocenters. The molecule has 0 aromatic heterocycles. The molecular formula is C62H45N. The van der Waals surface area contributed by atoms with Crippen LogP contribution in [0.2, 0.25) is 0 Å². The minimum atomic E-state index is 0.838. The standard InChI is InChI=1S/C62H45N/c1-40-41(2)61(56-38-47-29-14-17-34-51(47)60(56)58(40)52-35-20-30-42-25-12-15-31-48(42)52)63(57-36-19-18-33-50(57)43-21-6-3-7-22-43)62-55-37-46-28-13-16-32-49(46)54(55)39-53(44-23-8-4-9-24-44)59(62)45-26-10-5-11-27-45/h3-36,39H,37-38H2,1-2H3. The lowest BCUT2D eigenvalue weighted by Gasteiger charge is -2.36. The summed E-state index contributed by atoms with van der Waals surface area (Å²) in [6, 6.07) is 78.7. The first-order valence-electron chi connectivity index (χ1n) is 22.2. The Morgan fingerprint density at radius 2 is 0.857 bits per heavy atom. The Labute approximate surface area is 370 Å². The lowest BCUT2D eigenvalue weighted by atomic mass is 9.83. The molecule has 1 heteroatoms. The molecule has 0 unspecified atom stereocenters. The third kappa shape index (κ3) is 5.92. The van der Waals surface area contributed by atoms with Gasteiger partial charge >= 0.3 is 0 Å². The van der Waals surface area contributed by atoms with Gasteiger partial charge in [0.15, 0.2) is 0 Å². The zero-order chi connectivity index (χ0) is 42.0. The molecule has 0 heterocycles. The predicted octanol–water partition coefficient (Wildman–Crippen LogP) is 16.7. The second-order valence-corrected chi connectivity index (χ2v) is 17.1. The molecule has 0 amide bonds. The lowest BCUT2D eigenvalue weighted by Crippen LogP contribution is -2.19. The van der Waals surface area contributed by atoms with Gasteiger partial charge in [-0.1, -0.05) is 200 Å². The van der Waals surface area contributed by atoms with Crippen LogP contribution in [0.3, 0.4) is 0 Å². The molecule has 0 fully saturated rings. The van der Waals surface area contributed by atoms with Crippen LogP contribution in [-0.2, 0) is 12.8 Å². The number of hydrogen-bond donors (Lipinski definition) is 0. The molecule has 0 bridgehead atoms. The molecule has 0 radical (unpaired) electrons. The third-order valence-corrected chi connectivity index (χ3v) is 13.7. The molecule has 10 aromatic rings. The van der Waals surface area contributed by atoms with Gasteiger partial charge in [-0.25, -0.2) is 0 Å². The van der Waals surface area contributed by atoms with Gasteiger partial charge in [-0.2, -0.15) is 0 Å². The summed E-state index contributed by atoms with van der Waals surface area (Å²) in [6.07, 6.45) is 1.68. The summed E-state index contributed by atoms with van der Waals surface area (Å²) in [5.41, 5.74) is 27.0. The van der Waals surface area contributed by atoms with Crippen LogP contribution in [0.15, 0.2) is 212 Å². The van der Waals surface area contributed by atoms with E-state index in [0.717, 1.165) is 12.8 Å². The maximum Gasteiger partial charge on any atom is 0.0588 e. The normalized spacial score (nSPS) is 12.2. The van der Waals surface area contributed by atoms with Crippen LogP contribution in [0.1, 0.15) is 33.4 Å². The fraction of sp³-hybridized carbons (Fsp3) is 0.0645. The number of para-hydroxylation sites is 1. The highest BCUT2D eigenvalue weighted by molar-refractivity contribution is 6.10. The van der Waals surface area contributed by atoms with E-state index in [1.165, 1.54) is 128 Å². The second kappa shape index (κ2) is 15.0. The van der Waals surface area contributed by atoms with Crippen LogP contribution in [0.25, 0.3) is 77.5 Å². The van der Waals surface area contributed by atoms with Gasteiger partial charge in [0.1, 0.15) is 0 Å². The van der Waals surface area contributed by atoms with Gasteiger partial charge in [0, 0.05) is 24.0 Å². The van der Waals surface area contributed by atoms with Crippen LogP contribution in [-0.4, -0.2) is 0 Å². The molecule has 12 rings (SSSR count). The van der Waals surface area contributed by atoms with Gasteiger partial charge in [0.05, 0.1) is 17.1 Å².